The van der Waals surface area contributed by atoms with E-state index in [9.17, 15) is 13.6 Å². The van der Waals surface area contributed by atoms with Gasteiger partial charge in [0, 0.05) is 11.8 Å². The van der Waals surface area contributed by atoms with Gasteiger partial charge in [-0.05, 0) is 12.1 Å². The highest BCUT2D eigenvalue weighted by Crippen LogP contribution is 2.33. The summed E-state index contributed by atoms with van der Waals surface area (Å²) in [7, 11) is 0. The quantitative estimate of drug-likeness (QED) is 0.775. The van der Waals surface area contributed by atoms with E-state index in [1.807, 2.05) is 0 Å². The lowest BCUT2D eigenvalue weighted by atomic mass is 10.2. The number of hydrogen-bond donors (Lipinski definition) is 1. The lowest BCUT2D eigenvalue weighted by molar-refractivity contribution is -0.121. The van der Waals surface area contributed by atoms with E-state index in [-0.39, 0.29) is 6.61 Å². The van der Waals surface area contributed by atoms with Gasteiger partial charge in [0.2, 0.25) is 0 Å². The van der Waals surface area contributed by atoms with Crippen LogP contribution in [0.1, 0.15) is 0 Å². The van der Waals surface area contributed by atoms with Gasteiger partial charge in [0.25, 0.3) is 12.3 Å². The van der Waals surface area contributed by atoms with Crippen LogP contribution in [0.15, 0.2) is 18.2 Å². The first kappa shape index (κ1) is 10.7. The molecule has 16 heavy (non-hydrogen) atoms. The number of ether oxygens (including phenoxy) is 1. The fourth-order valence-corrected chi connectivity index (χ4v) is 1.56. The third kappa shape index (κ3) is 1.91. The number of rotatable bonds is 2. The molecule has 0 bridgehead atoms. The maximum absolute atomic E-state index is 12.3. The molecule has 0 unspecified atom stereocenters. The zero-order valence-electron chi connectivity index (χ0n) is 8.32. The summed E-state index contributed by atoms with van der Waals surface area (Å²) in [4.78, 5) is 12.4. The molecule has 2 rings (SSSR count). The van der Waals surface area contributed by atoms with Crippen LogP contribution in [0.25, 0.3) is 0 Å². The second-order valence-corrected chi connectivity index (χ2v) is 3.41. The third-order valence-corrected chi connectivity index (χ3v) is 2.25. The summed E-state index contributed by atoms with van der Waals surface area (Å²) in [5.74, 6) is -0.113. The van der Waals surface area contributed by atoms with Gasteiger partial charge in [0.05, 0.1) is 12.2 Å². The summed E-state index contributed by atoms with van der Waals surface area (Å²) < 4.78 is 29.7. The Balaban J connectivity index is 2.36. The molecule has 1 aliphatic rings. The van der Waals surface area contributed by atoms with Gasteiger partial charge < -0.3 is 15.4 Å². The van der Waals surface area contributed by atoms with Crippen molar-refractivity contribution in [2.24, 2.45) is 0 Å². The van der Waals surface area contributed by atoms with Crippen molar-refractivity contribution >= 4 is 17.3 Å². The van der Waals surface area contributed by atoms with E-state index in [1.54, 1.807) is 6.07 Å². The summed E-state index contributed by atoms with van der Waals surface area (Å²) in [6.45, 7) is -0.859. The van der Waals surface area contributed by atoms with E-state index in [2.05, 4.69) is 0 Å². The van der Waals surface area contributed by atoms with Crippen molar-refractivity contribution in [1.29, 1.82) is 0 Å². The van der Waals surface area contributed by atoms with Gasteiger partial charge in [-0.3, -0.25) is 4.79 Å². The summed E-state index contributed by atoms with van der Waals surface area (Å²) in [5, 5.41) is 0. The Morgan fingerprint density at radius 1 is 1.50 bits per heavy atom. The van der Waals surface area contributed by atoms with Crippen molar-refractivity contribution in [3.8, 4) is 5.75 Å². The number of nitrogens with zero attached hydrogens (tertiary/aromatic N) is 1. The first-order valence-corrected chi connectivity index (χ1v) is 4.69. The van der Waals surface area contributed by atoms with Crippen LogP contribution in [0.5, 0.6) is 5.75 Å². The van der Waals surface area contributed by atoms with Gasteiger partial charge in [0.15, 0.2) is 6.61 Å². The first-order chi connectivity index (χ1) is 7.58. The van der Waals surface area contributed by atoms with Crippen molar-refractivity contribution in [2.45, 2.75) is 6.43 Å². The van der Waals surface area contributed by atoms with Crippen molar-refractivity contribution in [3.05, 3.63) is 18.2 Å². The molecule has 0 spiro atoms. The maximum Gasteiger partial charge on any atom is 0.265 e. The fourth-order valence-electron chi connectivity index (χ4n) is 1.56. The topological polar surface area (TPSA) is 55.6 Å². The Bertz CT molecular complexity index is 423. The van der Waals surface area contributed by atoms with E-state index in [4.69, 9.17) is 10.5 Å². The minimum Gasteiger partial charge on any atom is -0.481 e. The molecular formula is C10H10F2N2O2. The number of hydrogen-bond acceptors (Lipinski definition) is 3. The van der Waals surface area contributed by atoms with Crippen molar-refractivity contribution in [3.63, 3.8) is 0 Å². The second kappa shape index (κ2) is 3.96. The Morgan fingerprint density at radius 3 is 2.94 bits per heavy atom. The number of carbonyl (C=O) groups is 1. The maximum atomic E-state index is 12.3. The minimum absolute atomic E-state index is 0.233. The average Bonchev–Trinajstić information content (AvgIpc) is 2.22. The van der Waals surface area contributed by atoms with Crippen LogP contribution < -0.4 is 15.4 Å². The lowest BCUT2D eigenvalue weighted by Crippen LogP contribution is -2.41. The fraction of sp³-hybridized carbons (Fsp3) is 0.300. The summed E-state index contributed by atoms with van der Waals surface area (Å²) in [5.41, 5.74) is 6.33. The molecule has 1 aliphatic heterocycles. The van der Waals surface area contributed by atoms with Crippen molar-refractivity contribution in [2.75, 3.05) is 23.8 Å². The van der Waals surface area contributed by atoms with Gasteiger partial charge in [0.1, 0.15) is 5.75 Å². The Morgan fingerprint density at radius 2 is 2.25 bits per heavy atom. The highest BCUT2D eigenvalue weighted by Gasteiger charge is 2.27. The SMILES string of the molecule is Nc1ccc2c(c1)OCC(=O)N2CC(F)F. The normalized spacial score (nSPS) is 14.9. The molecular weight excluding hydrogens is 218 g/mol. The number of nitrogen functional groups attached to an aromatic ring is 1. The number of alkyl halides is 2. The summed E-state index contributed by atoms with van der Waals surface area (Å²) >= 11 is 0. The molecule has 0 aromatic heterocycles. The smallest absolute Gasteiger partial charge is 0.265 e. The molecule has 0 radical (unpaired) electrons. The Hall–Kier alpha value is -1.85. The number of benzene rings is 1. The van der Waals surface area contributed by atoms with Crippen LogP contribution in [0.4, 0.5) is 20.2 Å². The van der Waals surface area contributed by atoms with Crippen LogP contribution in [0.2, 0.25) is 0 Å². The number of fused-ring (bicyclic) bond motifs is 1. The first-order valence-electron chi connectivity index (χ1n) is 4.69. The second-order valence-electron chi connectivity index (χ2n) is 3.41. The van der Waals surface area contributed by atoms with Gasteiger partial charge >= 0.3 is 0 Å². The van der Waals surface area contributed by atoms with Crippen LogP contribution in [-0.2, 0) is 4.79 Å². The molecule has 0 saturated heterocycles. The molecule has 0 atom stereocenters. The average molecular weight is 228 g/mol. The standard InChI is InChI=1S/C10H10F2N2O2/c11-9(12)4-14-7-2-1-6(13)3-8(7)16-5-10(14)15/h1-3,9H,4-5,13H2. The van der Waals surface area contributed by atoms with Crippen molar-refractivity contribution in [1.82, 2.24) is 0 Å². The largest absolute Gasteiger partial charge is 0.481 e. The number of halogens is 2. The Kier molecular flexibility index (Phi) is 2.64. The predicted molar refractivity (Wildman–Crippen MR) is 54.7 cm³/mol. The predicted octanol–water partition coefficient (Wildman–Crippen LogP) is 1.26. The summed E-state index contributed by atoms with van der Waals surface area (Å²) in [6, 6.07) is 4.56. The highest BCUT2D eigenvalue weighted by molar-refractivity contribution is 5.98. The molecule has 4 nitrogen and oxygen atoms in total. The lowest BCUT2D eigenvalue weighted by Gasteiger charge is -2.29. The van der Waals surface area contributed by atoms with Crippen LogP contribution in [-0.4, -0.2) is 25.5 Å². The highest BCUT2D eigenvalue weighted by atomic mass is 19.3. The number of carbonyl (C=O) groups excluding carboxylic acids is 1. The molecule has 0 saturated carbocycles. The number of amides is 1. The van der Waals surface area contributed by atoms with E-state index in [0.29, 0.717) is 17.1 Å². The molecule has 1 heterocycles. The van der Waals surface area contributed by atoms with E-state index in [0.717, 1.165) is 4.90 Å². The third-order valence-electron chi connectivity index (χ3n) is 2.25. The molecule has 0 aliphatic carbocycles. The number of anilines is 2. The zero-order valence-corrected chi connectivity index (χ0v) is 8.32. The molecule has 1 amide bonds. The van der Waals surface area contributed by atoms with E-state index >= 15 is 0 Å². The number of nitrogens with two attached hydrogens (primary N) is 1. The molecule has 6 heteroatoms. The molecule has 0 fully saturated rings. The van der Waals surface area contributed by atoms with Gasteiger partial charge in [-0.2, -0.15) is 0 Å². The van der Waals surface area contributed by atoms with E-state index < -0.39 is 18.9 Å². The van der Waals surface area contributed by atoms with Gasteiger partial charge in [-0.15, -0.1) is 0 Å². The van der Waals surface area contributed by atoms with Gasteiger partial charge in [-0.25, -0.2) is 8.78 Å². The molecule has 2 N–H and O–H groups in total. The van der Waals surface area contributed by atoms with E-state index in [1.165, 1.54) is 12.1 Å². The van der Waals surface area contributed by atoms with Crippen LogP contribution in [0, 0.1) is 0 Å². The van der Waals surface area contributed by atoms with Crippen molar-refractivity contribution < 1.29 is 18.3 Å². The zero-order chi connectivity index (χ0) is 11.7. The summed E-state index contributed by atoms with van der Waals surface area (Å²) in [6.07, 6.45) is -2.58. The monoisotopic (exact) mass is 228 g/mol. The molecule has 1 aromatic carbocycles. The molecule has 86 valence electrons. The van der Waals surface area contributed by atoms with Crippen LogP contribution in [0.3, 0.4) is 0 Å². The minimum atomic E-state index is -2.58. The van der Waals surface area contributed by atoms with Gasteiger partial charge in [-0.1, -0.05) is 0 Å². The van der Waals surface area contributed by atoms with Crippen LogP contribution >= 0.6 is 0 Å². The Labute approximate surface area is 90.6 Å². The molecule has 1 aromatic rings.